The molecule has 1 aliphatic heterocycles. The summed E-state index contributed by atoms with van der Waals surface area (Å²) in [5, 5.41) is 0. The monoisotopic (exact) mass is 600 g/mol. The molecule has 1 atom stereocenters. The van der Waals surface area contributed by atoms with Gasteiger partial charge in [-0.2, -0.15) is 0 Å². The first-order valence-corrected chi connectivity index (χ1v) is 13.7. The molecule has 8 nitrogen and oxygen atoms in total. The molecule has 0 radical (unpaired) electrons. The molecule has 3 aromatic rings. The highest BCUT2D eigenvalue weighted by Crippen LogP contribution is 2.36. The maximum atomic E-state index is 13.8. The Kier molecular flexibility index (Phi) is 8.42. The van der Waals surface area contributed by atoms with Crippen molar-refractivity contribution in [3.63, 3.8) is 0 Å². The number of hydrogen-bond donors (Lipinski definition) is 0. The maximum Gasteiger partial charge on any atom is 0.338 e. The van der Waals surface area contributed by atoms with Gasteiger partial charge >= 0.3 is 5.97 Å². The molecule has 0 spiro atoms. The van der Waals surface area contributed by atoms with Crippen LogP contribution < -0.4 is 29.1 Å². The Hall–Kier alpha value is -3.37. The molecule has 0 saturated heterocycles. The SMILES string of the molecule is CCOc1ccc([C@H]2C(C(=O)OC(C)C)=C(C)N=c3s/c(=C/c4cc(Br)c(OC)c(OC)c4)c(=O)n32)cc1. The summed E-state index contributed by atoms with van der Waals surface area (Å²) in [6.07, 6.45) is 1.45. The number of hydrogen-bond acceptors (Lipinski definition) is 8. The molecule has 4 rings (SSSR count). The van der Waals surface area contributed by atoms with E-state index in [0.29, 0.717) is 48.9 Å². The van der Waals surface area contributed by atoms with Gasteiger partial charge in [0.05, 0.1) is 53.2 Å². The average Bonchev–Trinajstić information content (AvgIpc) is 3.17. The van der Waals surface area contributed by atoms with Gasteiger partial charge in [0.2, 0.25) is 0 Å². The van der Waals surface area contributed by atoms with E-state index in [9.17, 15) is 9.59 Å². The highest BCUT2D eigenvalue weighted by atomic mass is 79.9. The van der Waals surface area contributed by atoms with E-state index < -0.39 is 12.0 Å². The average molecular weight is 602 g/mol. The van der Waals surface area contributed by atoms with Gasteiger partial charge < -0.3 is 18.9 Å². The van der Waals surface area contributed by atoms with E-state index in [1.807, 2.05) is 37.3 Å². The topological polar surface area (TPSA) is 88.4 Å². The third-order valence-corrected chi connectivity index (χ3v) is 7.42. The number of halogens is 1. The molecule has 0 saturated carbocycles. The Bertz CT molecular complexity index is 1570. The number of esters is 1. The van der Waals surface area contributed by atoms with Gasteiger partial charge in [-0.15, -0.1) is 0 Å². The van der Waals surface area contributed by atoms with E-state index in [2.05, 4.69) is 20.9 Å². The predicted octanol–water partition coefficient (Wildman–Crippen LogP) is 4.37. The van der Waals surface area contributed by atoms with E-state index in [0.717, 1.165) is 11.1 Å². The molecule has 0 unspecified atom stereocenters. The van der Waals surface area contributed by atoms with Gasteiger partial charge in [0.1, 0.15) is 5.75 Å². The van der Waals surface area contributed by atoms with Crippen molar-refractivity contribution in [1.29, 1.82) is 0 Å². The molecule has 0 aliphatic carbocycles. The fourth-order valence-corrected chi connectivity index (χ4v) is 5.93. The summed E-state index contributed by atoms with van der Waals surface area (Å²) >= 11 is 4.76. The smallest absolute Gasteiger partial charge is 0.338 e. The molecule has 38 heavy (non-hydrogen) atoms. The number of nitrogens with zero attached hydrogens (tertiary/aromatic N) is 2. The first-order chi connectivity index (χ1) is 18.2. The Balaban J connectivity index is 1.91. The van der Waals surface area contributed by atoms with Crippen LogP contribution in [-0.4, -0.2) is 37.5 Å². The van der Waals surface area contributed by atoms with Crippen LogP contribution in [0.4, 0.5) is 0 Å². The van der Waals surface area contributed by atoms with Crippen LogP contribution >= 0.6 is 27.3 Å². The fourth-order valence-electron chi connectivity index (χ4n) is 4.26. The summed E-state index contributed by atoms with van der Waals surface area (Å²) in [6, 6.07) is 10.3. The van der Waals surface area contributed by atoms with Crippen LogP contribution in [0.1, 0.15) is 44.9 Å². The normalized spacial score (nSPS) is 15.3. The van der Waals surface area contributed by atoms with Crippen molar-refractivity contribution in [3.8, 4) is 17.2 Å². The largest absolute Gasteiger partial charge is 0.494 e. The lowest BCUT2D eigenvalue weighted by Gasteiger charge is -2.25. The van der Waals surface area contributed by atoms with Crippen molar-refractivity contribution in [3.05, 3.63) is 83.0 Å². The van der Waals surface area contributed by atoms with Crippen LogP contribution in [0.15, 0.2) is 61.9 Å². The minimum atomic E-state index is -0.701. The molecule has 0 bridgehead atoms. The summed E-state index contributed by atoms with van der Waals surface area (Å²) < 4.78 is 24.7. The molecule has 1 aromatic heterocycles. The first-order valence-electron chi connectivity index (χ1n) is 12.1. The molecular weight excluding hydrogens is 572 g/mol. The number of carbonyl (C=O) groups is 1. The molecule has 2 aromatic carbocycles. The van der Waals surface area contributed by atoms with Crippen molar-refractivity contribution in [2.45, 2.75) is 39.8 Å². The summed E-state index contributed by atoms with van der Waals surface area (Å²) in [5.41, 5.74) is 2.07. The van der Waals surface area contributed by atoms with Crippen LogP contribution in [0.2, 0.25) is 0 Å². The second-order valence-corrected chi connectivity index (χ2v) is 10.6. The summed E-state index contributed by atoms with van der Waals surface area (Å²) in [4.78, 5) is 32.2. The summed E-state index contributed by atoms with van der Waals surface area (Å²) in [6.45, 7) is 7.79. The Labute approximate surface area is 233 Å². The Morgan fingerprint density at radius 1 is 1.18 bits per heavy atom. The van der Waals surface area contributed by atoms with Gasteiger partial charge in [-0.3, -0.25) is 9.36 Å². The van der Waals surface area contributed by atoms with Crippen LogP contribution in [0.25, 0.3) is 6.08 Å². The number of thiazole rings is 1. The van der Waals surface area contributed by atoms with Crippen molar-refractivity contribution < 1.29 is 23.7 Å². The van der Waals surface area contributed by atoms with Crippen molar-refractivity contribution >= 4 is 39.3 Å². The first kappa shape index (κ1) is 27.7. The van der Waals surface area contributed by atoms with E-state index in [1.165, 1.54) is 11.3 Å². The molecule has 200 valence electrons. The van der Waals surface area contributed by atoms with E-state index in [-0.39, 0.29) is 11.7 Å². The van der Waals surface area contributed by atoms with Gasteiger partial charge in [-0.05, 0) is 85.1 Å². The van der Waals surface area contributed by atoms with Crippen LogP contribution in [-0.2, 0) is 9.53 Å². The minimum Gasteiger partial charge on any atom is -0.494 e. The number of benzene rings is 2. The second-order valence-electron chi connectivity index (χ2n) is 8.78. The molecule has 1 aliphatic rings. The van der Waals surface area contributed by atoms with Gasteiger partial charge in [-0.1, -0.05) is 23.5 Å². The van der Waals surface area contributed by atoms with Crippen molar-refractivity contribution in [1.82, 2.24) is 4.57 Å². The standard InChI is InChI=1S/C28H29BrN2O6S/c1-7-36-19-10-8-18(9-11-19)24-23(27(33)37-15(2)3)16(4)30-28-31(24)26(32)22(38-28)14-17-12-20(29)25(35-6)21(13-17)34-5/h8-15,24H,7H2,1-6H3/b22-14+/t24-/m0/s1. The fraction of sp³-hybridized carbons (Fsp3) is 0.321. The number of fused-ring (bicyclic) bond motifs is 1. The van der Waals surface area contributed by atoms with E-state index in [1.54, 1.807) is 51.7 Å². The number of rotatable bonds is 8. The third kappa shape index (κ3) is 5.42. The summed E-state index contributed by atoms with van der Waals surface area (Å²) in [7, 11) is 3.12. The van der Waals surface area contributed by atoms with Gasteiger partial charge in [-0.25, -0.2) is 9.79 Å². The molecule has 0 amide bonds. The highest BCUT2D eigenvalue weighted by Gasteiger charge is 2.33. The second kappa shape index (κ2) is 11.6. The van der Waals surface area contributed by atoms with Crippen LogP contribution in [0.3, 0.4) is 0 Å². The number of aromatic nitrogens is 1. The lowest BCUT2D eigenvalue weighted by molar-refractivity contribution is -0.143. The zero-order valence-electron chi connectivity index (χ0n) is 22.0. The highest BCUT2D eigenvalue weighted by molar-refractivity contribution is 9.10. The molecule has 0 N–H and O–H groups in total. The molecule has 2 heterocycles. The quantitative estimate of drug-likeness (QED) is 0.357. The van der Waals surface area contributed by atoms with Gasteiger partial charge in [0.25, 0.3) is 5.56 Å². The Morgan fingerprint density at radius 2 is 1.89 bits per heavy atom. The van der Waals surface area contributed by atoms with E-state index >= 15 is 0 Å². The molecule has 10 heteroatoms. The predicted molar refractivity (Wildman–Crippen MR) is 150 cm³/mol. The zero-order chi connectivity index (χ0) is 27.6. The van der Waals surface area contributed by atoms with Gasteiger partial charge in [0.15, 0.2) is 16.3 Å². The van der Waals surface area contributed by atoms with E-state index in [4.69, 9.17) is 18.9 Å². The van der Waals surface area contributed by atoms with Crippen LogP contribution in [0, 0.1) is 0 Å². The molecular formula is C28H29BrN2O6S. The van der Waals surface area contributed by atoms with Crippen molar-refractivity contribution in [2.24, 2.45) is 4.99 Å². The van der Waals surface area contributed by atoms with Crippen LogP contribution in [0.5, 0.6) is 17.2 Å². The third-order valence-electron chi connectivity index (χ3n) is 5.84. The van der Waals surface area contributed by atoms with Crippen molar-refractivity contribution in [2.75, 3.05) is 20.8 Å². The Morgan fingerprint density at radius 3 is 2.50 bits per heavy atom. The number of carbonyl (C=O) groups excluding carboxylic acids is 1. The lowest BCUT2D eigenvalue weighted by atomic mass is 9.96. The number of allylic oxidation sites excluding steroid dienone is 1. The van der Waals surface area contributed by atoms with Gasteiger partial charge in [0, 0.05) is 0 Å². The summed E-state index contributed by atoms with van der Waals surface area (Å²) in [5.74, 6) is 1.29. The minimum absolute atomic E-state index is 0.263. The maximum absolute atomic E-state index is 13.8. The number of ether oxygens (including phenoxy) is 4. The number of methoxy groups -OCH3 is 2. The molecule has 0 fully saturated rings. The zero-order valence-corrected chi connectivity index (χ0v) is 24.4. The lowest BCUT2D eigenvalue weighted by Crippen LogP contribution is -2.40.